The van der Waals surface area contributed by atoms with Gasteiger partial charge >= 0.3 is 0 Å². The van der Waals surface area contributed by atoms with E-state index in [1.165, 1.54) is 23.1 Å². The molecule has 0 amide bonds. The van der Waals surface area contributed by atoms with E-state index < -0.39 is 0 Å². The highest BCUT2D eigenvalue weighted by Gasteiger charge is 2.27. The van der Waals surface area contributed by atoms with Crippen molar-refractivity contribution in [2.75, 3.05) is 20.3 Å². The average molecular weight is 219 g/mol. The molecule has 1 fully saturated rings. The van der Waals surface area contributed by atoms with Crippen LogP contribution in [-0.2, 0) is 4.74 Å². The predicted molar refractivity (Wildman–Crippen MR) is 66.6 cm³/mol. The third-order valence-corrected chi connectivity index (χ3v) is 3.60. The summed E-state index contributed by atoms with van der Waals surface area (Å²) in [7, 11) is 2.05. The van der Waals surface area contributed by atoms with Gasteiger partial charge in [0, 0.05) is 18.6 Å². The lowest BCUT2D eigenvalue weighted by molar-refractivity contribution is 0.177. The van der Waals surface area contributed by atoms with Gasteiger partial charge in [-0.2, -0.15) is 0 Å². The van der Waals surface area contributed by atoms with Crippen LogP contribution in [-0.4, -0.2) is 20.3 Å². The smallest absolute Gasteiger partial charge is 0.0513 e. The molecular weight excluding hydrogens is 198 g/mol. The molecule has 1 heterocycles. The molecule has 0 radical (unpaired) electrons. The molecule has 1 aromatic rings. The summed E-state index contributed by atoms with van der Waals surface area (Å²) in [5.41, 5.74) is 4.22. The van der Waals surface area contributed by atoms with Crippen LogP contribution in [0, 0.1) is 19.8 Å². The van der Waals surface area contributed by atoms with E-state index in [0.717, 1.165) is 13.2 Å². The van der Waals surface area contributed by atoms with Crippen molar-refractivity contribution in [1.82, 2.24) is 5.32 Å². The van der Waals surface area contributed by atoms with Crippen LogP contribution >= 0.6 is 0 Å². The molecule has 0 spiro atoms. The number of ether oxygens (including phenoxy) is 1. The Kier molecular flexibility index (Phi) is 3.62. The molecule has 0 saturated carbocycles. The first kappa shape index (κ1) is 11.6. The molecule has 2 atom stereocenters. The van der Waals surface area contributed by atoms with Gasteiger partial charge in [-0.05, 0) is 44.0 Å². The number of aryl methyl sites for hydroxylation is 2. The Morgan fingerprint density at radius 1 is 1.31 bits per heavy atom. The lowest BCUT2D eigenvalue weighted by Gasteiger charge is -2.25. The van der Waals surface area contributed by atoms with Crippen molar-refractivity contribution < 1.29 is 4.74 Å². The number of nitrogens with one attached hydrogen (secondary N) is 1. The number of hydrogen-bond donors (Lipinski definition) is 1. The van der Waals surface area contributed by atoms with E-state index in [4.69, 9.17) is 4.74 Å². The third-order valence-electron chi connectivity index (χ3n) is 3.60. The Hall–Kier alpha value is -0.860. The largest absolute Gasteiger partial charge is 0.381 e. The van der Waals surface area contributed by atoms with Crippen LogP contribution in [0.5, 0.6) is 0 Å². The van der Waals surface area contributed by atoms with E-state index in [0.29, 0.717) is 12.0 Å². The van der Waals surface area contributed by atoms with Crippen molar-refractivity contribution >= 4 is 0 Å². The van der Waals surface area contributed by atoms with Gasteiger partial charge < -0.3 is 10.1 Å². The Morgan fingerprint density at radius 3 is 2.50 bits per heavy atom. The summed E-state index contributed by atoms with van der Waals surface area (Å²) in [5.74, 6) is 0.616. The van der Waals surface area contributed by atoms with E-state index >= 15 is 0 Å². The van der Waals surface area contributed by atoms with Crippen molar-refractivity contribution in [1.29, 1.82) is 0 Å². The van der Waals surface area contributed by atoms with Crippen molar-refractivity contribution in [3.8, 4) is 0 Å². The molecule has 0 bridgehead atoms. The fourth-order valence-corrected chi connectivity index (χ4v) is 2.75. The molecule has 1 saturated heterocycles. The molecule has 2 unspecified atom stereocenters. The van der Waals surface area contributed by atoms with Crippen LogP contribution in [0.4, 0.5) is 0 Å². The maximum atomic E-state index is 5.50. The molecule has 2 nitrogen and oxygen atoms in total. The Labute approximate surface area is 98.0 Å². The minimum atomic E-state index is 0.434. The molecule has 1 aliphatic rings. The quantitative estimate of drug-likeness (QED) is 0.843. The SMILES string of the molecule is CNC(c1c(C)cccc1C)C1CCOC1. The highest BCUT2D eigenvalue weighted by molar-refractivity contribution is 5.36. The highest BCUT2D eigenvalue weighted by atomic mass is 16.5. The van der Waals surface area contributed by atoms with Crippen LogP contribution in [0.3, 0.4) is 0 Å². The van der Waals surface area contributed by atoms with Gasteiger partial charge in [0.25, 0.3) is 0 Å². The lowest BCUT2D eigenvalue weighted by atomic mass is 9.87. The first-order valence-corrected chi connectivity index (χ1v) is 6.05. The number of hydrogen-bond acceptors (Lipinski definition) is 2. The predicted octanol–water partition coefficient (Wildman–Crippen LogP) is 2.60. The molecule has 2 heteroatoms. The van der Waals surface area contributed by atoms with Gasteiger partial charge in [-0.25, -0.2) is 0 Å². The van der Waals surface area contributed by atoms with Crippen LogP contribution in [0.25, 0.3) is 0 Å². The molecule has 2 rings (SSSR count). The maximum Gasteiger partial charge on any atom is 0.0513 e. The summed E-state index contributed by atoms with van der Waals surface area (Å²) in [4.78, 5) is 0. The molecule has 1 aromatic carbocycles. The summed E-state index contributed by atoms with van der Waals surface area (Å²) >= 11 is 0. The van der Waals surface area contributed by atoms with Crippen molar-refractivity contribution in [2.24, 2.45) is 5.92 Å². The van der Waals surface area contributed by atoms with E-state index in [1.807, 2.05) is 0 Å². The normalized spacial score (nSPS) is 22.3. The van der Waals surface area contributed by atoms with E-state index in [2.05, 4.69) is 44.4 Å². The monoisotopic (exact) mass is 219 g/mol. The first-order chi connectivity index (χ1) is 7.74. The molecular formula is C14H21NO. The zero-order valence-electron chi connectivity index (χ0n) is 10.4. The topological polar surface area (TPSA) is 21.3 Å². The van der Waals surface area contributed by atoms with Gasteiger partial charge in [-0.3, -0.25) is 0 Å². The fraction of sp³-hybridized carbons (Fsp3) is 0.571. The van der Waals surface area contributed by atoms with E-state index in [1.54, 1.807) is 0 Å². The standard InChI is InChI=1S/C14H21NO/c1-10-5-4-6-11(2)13(10)14(15-3)12-7-8-16-9-12/h4-6,12,14-15H,7-9H2,1-3H3. The summed E-state index contributed by atoms with van der Waals surface area (Å²) in [6, 6.07) is 6.96. The van der Waals surface area contributed by atoms with Crippen molar-refractivity contribution in [3.05, 3.63) is 34.9 Å². The van der Waals surface area contributed by atoms with Crippen LogP contribution in [0.15, 0.2) is 18.2 Å². The summed E-state index contributed by atoms with van der Waals surface area (Å²) in [6.45, 7) is 6.19. The Balaban J connectivity index is 2.32. The van der Waals surface area contributed by atoms with Gasteiger partial charge in [0.1, 0.15) is 0 Å². The van der Waals surface area contributed by atoms with Crippen LogP contribution in [0.2, 0.25) is 0 Å². The fourth-order valence-electron chi connectivity index (χ4n) is 2.75. The molecule has 1 aliphatic heterocycles. The second-order valence-corrected chi connectivity index (χ2v) is 4.70. The highest BCUT2D eigenvalue weighted by Crippen LogP contribution is 2.32. The van der Waals surface area contributed by atoms with Crippen molar-refractivity contribution in [3.63, 3.8) is 0 Å². The van der Waals surface area contributed by atoms with Gasteiger partial charge in [0.05, 0.1) is 6.61 Å². The van der Waals surface area contributed by atoms with E-state index in [-0.39, 0.29) is 0 Å². The third kappa shape index (κ3) is 2.13. The first-order valence-electron chi connectivity index (χ1n) is 6.05. The Morgan fingerprint density at radius 2 is 2.00 bits per heavy atom. The van der Waals surface area contributed by atoms with Crippen molar-refractivity contribution in [2.45, 2.75) is 26.3 Å². The summed E-state index contributed by atoms with van der Waals surface area (Å²) in [6.07, 6.45) is 1.17. The minimum absolute atomic E-state index is 0.434. The van der Waals surface area contributed by atoms with Gasteiger partial charge in [-0.15, -0.1) is 0 Å². The summed E-state index contributed by atoms with van der Waals surface area (Å²) in [5, 5.41) is 3.46. The van der Waals surface area contributed by atoms with Gasteiger partial charge in [0.15, 0.2) is 0 Å². The maximum absolute atomic E-state index is 5.50. The minimum Gasteiger partial charge on any atom is -0.381 e. The summed E-state index contributed by atoms with van der Waals surface area (Å²) < 4.78 is 5.50. The zero-order chi connectivity index (χ0) is 11.5. The number of benzene rings is 1. The lowest BCUT2D eigenvalue weighted by Crippen LogP contribution is -2.27. The molecule has 16 heavy (non-hydrogen) atoms. The Bertz CT molecular complexity index is 336. The second kappa shape index (κ2) is 4.98. The van der Waals surface area contributed by atoms with Gasteiger partial charge in [-0.1, -0.05) is 18.2 Å². The molecule has 0 aromatic heterocycles. The molecule has 1 N–H and O–H groups in total. The van der Waals surface area contributed by atoms with E-state index in [9.17, 15) is 0 Å². The molecule has 0 aliphatic carbocycles. The van der Waals surface area contributed by atoms with Crippen LogP contribution < -0.4 is 5.32 Å². The number of rotatable bonds is 3. The van der Waals surface area contributed by atoms with Crippen LogP contribution in [0.1, 0.15) is 29.2 Å². The molecule has 88 valence electrons. The zero-order valence-corrected chi connectivity index (χ0v) is 10.4. The van der Waals surface area contributed by atoms with Gasteiger partial charge in [0.2, 0.25) is 0 Å². The second-order valence-electron chi connectivity index (χ2n) is 4.70. The average Bonchev–Trinajstić information content (AvgIpc) is 2.77.